The molecule has 3 aromatic rings. The monoisotopic (exact) mass is 310 g/mol. The van der Waals surface area contributed by atoms with Gasteiger partial charge in [0.25, 0.3) is 0 Å². The highest BCUT2D eigenvalue weighted by atomic mass is 16.6. The van der Waals surface area contributed by atoms with Crippen molar-refractivity contribution in [2.45, 2.75) is 0 Å². The number of hydrogen-bond donors (Lipinski definition) is 1. The number of aromatic nitrogens is 3. The molecule has 0 aliphatic carbocycles. The van der Waals surface area contributed by atoms with Crippen LogP contribution in [-0.2, 0) is 0 Å². The van der Waals surface area contributed by atoms with E-state index in [0.29, 0.717) is 5.69 Å². The maximum atomic E-state index is 11.3. The first kappa shape index (κ1) is 14.4. The predicted molar refractivity (Wildman–Crippen MR) is 80.4 cm³/mol. The smallest absolute Gasteiger partial charge is 0.342 e. The van der Waals surface area contributed by atoms with Crippen molar-refractivity contribution in [3.8, 4) is 16.9 Å². The fourth-order valence-corrected chi connectivity index (χ4v) is 2.20. The summed E-state index contributed by atoms with van der Waals surface area (Å²) in [5.41, 5.74) is 0.453. The van der Waals surface area contributed by atoms with E-state index in [9.17, 15) is 14.9 Å². The molecule has 1 aromatic heterocycles. The molecule has 8 nitrogen and oxygen atoms in total. The third kappa shape index (κ3) is 2.64. The van der Waals surface area contributed by atoms with Crippen molar-refractivity contribution in [2.75, 3.05) is 0 Å². The van der Waals surface area contributed by atoms with E-state index in [4.69, 9.17) is 5.11 Å². The predicted octanol–water partition coefficient (Wildman–Crippen LogP) is 2.54. The molecular weight excluding hydrogens is 300 g/mol. The summed E-state index contributed by atoms with van der Waals surface area (Å²) in [7, 11) is 0. The Kier molecular flexibility index (Phi) is 3.55. The first-order valence-corrected chi connectivity index (χ1v) is 6.57. The molecule has 0 atom stereocenters. The minimum Gasteiger partial charge on any atom is -0.477 e. The number of carbonyl (C=O) groups is 1. The average Bonchev–Trinajstić information content (AvgIpc) is 3.04. The van der Waals surface area contributed by atoms with Gasteiger partial charge in [0, 0.05) is 5.56 Å². The van der Waals surface area contributed by atoms with Crippen LogP contribution in [0.4, 0.5) is 5.69 Å². The SMILES string of the molecule is O=C(O)c1cccc(-n2cc(-c3ccccc3)nn2)c1[N+](=O)[O-]. The van der Waals surface area contributed by atoms with Crippen LogP contribution in [-0.4, -0.2) is 31.0 Å². The van der Waals surface area contributed by atoms with Crippen molar-refractivity contribution in [2.24, 2.45) is 0 Å². The van der Waals surface area contributed by atoms with Gasteiger partial charge in [-0.1, -0.05) is 41.6 Å². The number of rotatable bonds is 4. The fourth-order valence-electron chi connectivity index (χ4n) is 2.20. The van der Waals surface area contributed by atoms with E-state index in [1.54, 1.807) is 0 Å². The largest absolute Gasteiger partial charge is 0.477 e. The average molecular weight is 310 g/mol. The maximum absolute atomic E-state index is 11.3. The molecular formula is C15H10N4O4. The van der Waals surface area contributed by atoms with Crippen LogP contribution in [0.2, 0.25) is 0 Å². The lowest BCUT2D eigenvalue weighted by Gasteiger charge is -2.04. The normalized spacial score (nSPS) is 10.4. The molecule has 0 fully saturated rings. The molecule has 3 rings (SSSR count). The van der Waals surface area contributed by atoms with Gasteiger partial charge in [-0.05, 0) is 12.1 Å². The molecule has 1 N–H and O–H groups in total. The van der Waals surface area contributed by atoms with E-state index >= 15 is 0 Å². The molecule has 0 spiro atoms. The van der Waals surface area contributed by atoms with E-state index < -0.39 is 22.1 Å². The van der Waals surface area contributed by atoms with Gasteiger partial charge in [-0.15, -0.1) is 5.10 Å². The molecule has 8 heteroatoms. The quantitative estimate of drug-likeness (QED) is 0.585. The molecule has 0 aliphatic rings. The Hall–Kier alpha value is -3.55. The van der Waals surface area contributed by atoms with Crippen molar-refractivity contribution in [3.05, 3.63) is 70.4 Å². The molecule has 0 unspecified atom stereocenters. The van der Waals surface area contributed by atoms with Gasteiger partial charge < -0.3 is 5.11 Å². The highest BCUT2D eigenvalue weighted by molar-refractivity contribution is 5.94. The van der Waals surface area contributed by atoms with Gasteiger partial charge in [0.2, 0.25) is 0 Å². The highest BCUT2D eigenvalue weighted by Crippen LogP contribution is 2.28. The number of aromatic carboxylic acids is 1. The number of nitrogens with zero attached hydrogens (tertiary/aromatic N) is 4. The van der Waals surface area contributed by atoms with Crippen LogP contribution < -0.4 is 0 Å². The molecule has 23 heavy (non-hydrogen) atoms. The molecule has 0 bridgehead atoms. The van der Waals surface area contributed by atoms with Crippen molar-refractivity contribution in [1.82, 2.24) is 15.0 Å². The van der Waals surface area contributed by atoms with E-state index in [1.165, 1.54) is 29.1 Å². The molecule has 0 saturated heterocycles. The molecule has 0 radical (unpaired) electrons. The lowest BCUT2D eigenvalue weighted by Crippen LogP contribution is -2.07. The number of nitro benzene ring substituents is 1. The van der Waals surface area contributed by atoms with E-state index in [0.717, 1.165) is 5.56 Å². The second-order valence-corrected chi connectivity index (χ2v) is 4.65. The van der Waals surface area contributed by atoms with Gasteiger partial charge in [0.1, 0.15) is 16.9 Å². The highest BCUT2D eigenvalue weighted by Gasteiger charge is 2.25. The van der Waals surface area contributed by atoms with Crippen LogP contribution in [0.1, 0.15) is 10.4 Å². The molecule has 114 valence electrons. The summed E-state index contributed by atoms with van der Waals surface area (Å²) in [5.74, 6) is -1.37. The molecule has 2 aromatic carbocycles. The van der Waals surface area contributed by atoms with Crippen LogP contribution in [0.3, 0.4) is 0 Å². The summed E-state index contributed by atoms with van der Waals surface area (Å²) in [6, 6.07) is 13.2. The van der Waals surface area contributed by atoms with Crippen LogP contribution in [0, 0.1) is 10.1 Å². The maximum Gasteiger partial charge on any atom is 0.342 e. The topological polar surface area (TPSA) is 111 Å². The van der Waals surface area contributed by atoms with Gasteiger partial charge in [-0.3, -0.25) is 10.1 Å². The van der Waals surface area contributed by atoms with Crippen molar-refractivity contribution >= 4 is 11.7 Å². The minimum atomic E-state index is -1.37. The summed E-state index contributed by atoms with van der Waals surface area (Å²) in [6.07, 6.45) is 1.52. The third-order valence-corrected chi connectivity index (χ3v) is 3.24. The molecule has 0 aliphatic heterocycles. The van der Waals surface area contributed by atoms with Gasteiger partial charge >= 0.3 is 11.7 Å². The van der Waals surface area contributed by atoms with Crippen molar-refractivity contribution < 1.29 is 14.8 Å². The van der Waals surface area contributed by atoms with Crippen molar-refractivity contribution in [1.29, 1.82) is 0 Å². The lowest BCUT2D eigenvalue weighted by molar-refractivity contribution is -0.385. The fraction of sp³-hybridized carbons (Fsp3) is 0. The first-order valence-electron chi connectivity index (χ1n) is 6.57. The Morgan fingerprint density at radius 3 is 2.52 bits per heavy atom. The molecule has 0 saturated carbocycles. The third-order valence-electron chi connectivity index (χ3n) is 3.24. The van der Waals surface area contributed by atoms with Gasteiger partial charge in [-0.25, -0.2) is 9.48 Å². The number of carboxylic acids is 1. The standard InChI is InChI=1S/C15H10N4O4/c20-15(21)11-7-4-8-13(14(11)19(22)23)18-9-12(16-17-18)10-5-2-1-3-6-10/h1-9H,(H,20,21). The van der Waals surface area contributed by atoms with Gasteiger partial charge in [0.05, 0.1) is 11.1 Å². The molecule has 1 heterocycles. The summed E-state index contributed by atoms with van der Waals surface area (Å²) >= 11 is 0. The zero-order chi connectivity index (χ0) is 16.4. The van der Waals surface area contributed by atoms with Crippen LogP contribution in [0.5, 0.6) is 0 Å². The summed E-state index contributed by atoms with van der Waals surface area (Å²) in [4.78, 5) is 21.7. The Morgan fingerprint density at radius 2 is 1.87 bits per heavy atom. The lowest BCUT2D eigenvalue weighted by atomic mass is 10.1. The Balaban J connectivity index is 2.13. The molecule has 0 amide bonds. The number of benzene rings is 2. The van der Waals surface area contributed by atoms with Gasteiger partial charge in [-0.2, -0.15) is 0 Å². The van der Waals surface area contributed by atoms with Crippen LogP contribution in [0.25, 0.3) is 16.9 Å². The summed E-state index contributed by atoms with van der Waals surface area (Å²) < 4.78 is 1.20. The Labute approximate surface area is 129 Å². The van der Waals surface area contributed by atoms with Crippen molar-refractivity contribution in [3.63, 3.8) is 0 Å². The van der Waals surface area contributed by atoms with Crippen LogP contribution in [0.15, 0.2) is 54.7 Å². The van der Waals surface area contributed by atoms with E-state index in [-0.39, 0.29) is 5.69 Å². The first-order chi connectivity index (χ1) is 11.1. The minimum absolute atomic E-state index is 0.0459. The number of nitro groups is 1. The summed E-state index contributed by atoms with van der Waals surface area (Å²) in [5, 5.41) is 28.3. The second kappa shape index (κ2) is 5.68. The number of hydrogen-bond acceptors (Lipinski definition) is 5. The number of para-hydroxylation sites is 1. The second-order valence-electron chi connectivity index (χ2n) is 4.65. The zero-order valence-corrected chi connectivity index (χ0v) is 11.7. The van der Waals surface area contributed by atoms with Crippen LogP contribution >= 0.6 is 0 Å². The van der Waals surface area contributed by atoms with Gasteiger partial charge in [0.15, 0.2) is 0 Å². The Morgan fingerprint density at radius 1 is 1.13 bits per heavy atom. The van der Waals surface area contributed by atoms with E-state index in [1.807, 2.05) is 30.3 Å². The summed E-state index contributed by atoms with van der Waals surface area (Å²) in [6.45, 7) is 0. The van der Waals surface area contributed by atoms with E-state index in [2.05, 4.69) is 10.3 Å². The number of carboxylic acid groups (broad SMARTS) is 1. The zero-order valence-electron chi connectivity index (χ0n) is 11.7. The Bertz CT molecular complexity index is 890.